The largest absolute Gasteiger partial charge is 0.391 e. The average Bonchev–Trinajstić information content (AvgIpc) is 2.82. The second kappa shape index (κ2) is 5.13. The Kier molecular flexibility index (Phi) is 3.34. The molecular weight excluding hydrogens is 240 g/mol. The van der Waals surface area contributed by atoms with Crippen molar-refractivity contribution < 1.29 is 9.90 Å². The molecule has 4 nitrogen and oxygen atoms in total. The predicted octanol–water partition coefficient (Wildman–Crippen LogP) is 1.93. The first-order chi connectivity index (χ1) is 9.25. The van der Waals surface area contributed by atoms with Gasteiger partial charge in [-0.05, 0) is 18.4 Å². The van der Waals surface area contributed by atoms with Crippen LogP contribution >= 0.6 is 0 Å². The van der Waals surface area contributed by atoms with Crippen LogP contribution in [0, 0.1) is 0 Å². The number of aliphatic hydroxyl groups excluding tert-OH is 1. The molecule has 0 saturated heterocycles. The summed E-state index contributed by atoms with van der Waals surface area (Å²) in [5.41, 5.74) is 1.80. The molecule has 3 rings (SSSR count). The molecule has 1 aliphatic heterocycles. The van der Waals surface area contributed by atoms with Crippen molar-refractivity contribution in [3.63, 3.8) is 0 Å². The third kappa shape index (κ3) is 2.40. The molecule has 1 amide bonds. The summed E-state index contributed by atoms with van der Waals surface area (Å²) < 4.78 is 0. The minimum atomic E-state index is -0.434. The van der Waals surface area contributed by atoms with Gasteiger partial charge in [0.2, 0.25) is 5.91 Å². The normalized spacial score (nSPS) is 27.5. The van der Waals surface area contributed by atoms with E-state index in [4.69, 9.17) is 0 Å². The number of hydrogen-bond donors (Lipinski definition) is 1. The maximum Gasteiger partial charge on any atom is 0.249 e. The maximum atomic E-state index is 12.1. The van der Waals surface area contributed by atoms with Crippen LogP contribution in [0.4, 0.5) is 0 Å². The molecule has 1 aromatic rings. The summed E-state index contributed by atoms with van der Waals surface area (Å²) in [7, 11) is 0. The molecule has 19 heavy (non-hydrogen) atoms. The summed E-state index contributed by atoms with van der Waals surface area (Å²) in [6.45, 7) is 0. The van der Waals surface area contributed by atoms with Crippen molar-refractivity contribution in [1.82, 2.24) is 5.01 Å². The monoisotopic (exact) mass is 258 g/mol. The van der Waals surface area contributed by atoms with E-state index in [1.54, 1.807) is 0 Å². The number of carbonyl (C=O) groups is 1. The van der Waals surface area contributed by atoms with Gasteiger partial charge in [-0.3, -0.25) is 4.79 Å². The zero-order chi connectivity index (χ0) is 13.2. The van der Waals surface area contributed by atoms with E-state index in [-0.39, 0.29) is 11.9 Å². The highest BCUT2D eigenvalue weighted by Crippen LogP contribution is 2.27. The molecule has 2 unspecified atom stereocenters. The third-order valence-corrected chi connectivity index (χ3v) is 3.92. The quantitative estimate of drug-likeness (QED) is 0.881. The lowest BCUT2D eigenvalue weighted by Gasteiger charge is -2.32. The van der Waals surface area contributed by atoms with Crippen LogP contribution in [0.1, 0.15) is 37.7 Å². The highest BCUT2D eigenvalue weighted by Gasteiger charge is 2.36. The molecule has 1 aromatic carbocycles. The topological polar surface area (TPSA) is 52.9 Å². The minimum Gasteiger partial charge on any atom is -0.391 e. The predicted molar refractivity (Wildman–Crippen MR) is 72.7 cm³/mol. The molecule has 1 fully saturated rings. The van der Waals surface area contributed by atoms with Crippen molar-refractivity contribution in [3.05, 3.63) is 35.9 Å². The van der Waals surface area contributed by atoms with Crippen LogP contribution in [0.25, 0.3) is 0 Å². The number of benzene rings is 1. The second-order valence-electron chi connectivity index (χ2n) is 5.25. The van der Waals surface area contributed by atoms with Crippen molar-refractivity contribution >= 4 is 11.6 Å². The van der Waals surface area contributed by atoms with Crippen molar-refractivity contribution in [1.29, 1.82) is 0 Å². The van der Waals surface area contributed by atoms with Gasteiger partial charge in [0.1, 0.15) is 0 Å². The summed E-state index contributed by atoms with van der Waals surface area (Å²) in [5.74, 6) is 0.00445. The molecule has 0 radical (unpaired) electrons. The summed E-state index contributed by atoms with van der Waals surface area (Å²) in [4.78, 5) is 12.1. The van der Waals surface area contributed by atoms with E-state index in [2.05, 4.69) is 5.10 Å². The maximum absolute atomic E-state index is 12.1. The van der Waals surface area contributed by atoms with Gasteiger partial charge in [-0.15, -0.1) is 0 Å². The fourth-order valence-electron chi connectivity index (χ4n) is 2.87. The lowest BCUT2D eigenvalue weighted by Crippen LogP contribution is -2.43. The molecular formula is C15H18N2O2. The Morgan fingerprint density at radius 2 is 1.89 bits per heavy atom. The van der Waals surface area contributed by atoms with Crippen molar-refractivity contribution in [2.45, 2.75) is 44.2 Å². The van der Waals surface area contributed by atoms with Crippen LogP contribution < -0.4 is 0 Å². The molecule has 1 saturated carbocycles. The summed E-state index contributed by atoms with van der Waals surface area (Å²) in [6.07, 6.45) is 3.61. The lowest BCUT2D eigenvalue weighted by molar-refractivity contribution is -0.134. The van der Waals surface area contributed by atoms with E-state index in [1.165, 1.54) is 5.01 Å². The van der Waals surface area contributed by atoms with E-state index in [1.807, 2.05) is 30.3 Å². The van der Waals surface area contributed by atoms with Crippen LogP contribution in [-0.4, -0.2) is 33.9 Å². The van der Waals surface area contributed by atoms with Crippen LogP contribution in [0.3, 0.4) is 0 Å². The Hall–Kier alpha value is -1.68. The van der Waals surface area contributed by atoms with Gasteiger partial charge in [0.05, 0.1) is 24.3 Å². The van der Waals surface area contributed by atoms with Gasteiger partial charge < -0.3 is 5.11 Å². The fourth-order valence-corrected chi connectivity index (χ4v) is 2.87. The van der Waals surface area contributed by atoms with Crippen LogP contribution in [0.5, 0.6) is 0 Å². The van der Waals surface area contributed by atoms with Crippen LogP contribution in [0.15, 0.2) is 35.4 Å². The fraction of sp³-hybridized carbons (Fsp3) is 0.467. The van der Waals surface area contributed by atoms with Gasteiger partial charge in [-0.25, -0.2) is 5.01 Å². The van der Waals surface area contributed by atoms with E-state index in [0.717, 1.165) is 37.0 Å². The van der Waals surface area contributed by atoms with Crippen molar-refractivity contribution in [3.8, 4) is 0 Å². The highest BCUT2D eigenvalue weighted by molar-refractivity contribution is 6.13. The molecule has 0 spiro atoms. The van der Waals surface area contributed by atoms with Crippen molar-refractivity contribution in [2.24, 2.45) is 5.10 Å². The number of carbonyl (C=O) groups excluding carboxylic acids is 1. The van der Waals surface area contributed by atoms with Gasteiger partial charge in [-0.2, -0.15) is 5.10 Å². The standard InChI is InChI=1S/C15H18N2O2/c18-14-9-5-4-8-13(14)17-15(19)10-12(16-17)11-6-2-1-3-7-11/h1-3,6-7,13-14,18H,4-5,8-10H2. The first-order valence-corrected chi connectivity index (χ1v) is 6.89. The number of aliphatic hydroxyl groups is 1. The first-order valence-electron chi connectivity index (χ1n) is 6.89. The summed E-state index contributed by atoms with van der Waals surface area (Å²) in [5, 5.41) is 16.0. The molecule has 100 valence electrons. The first kappa shape index (κ1) is 12.4. The molecule has 4 heteroatoms. The lowest BCUT2D eigenvalue weighted by atomic mass is 9.92. The average molecular weight is 258 g/mol. The van der Waals surface area contributed by atoms with Crippen molar-refractivity contribution in [2.75, 3.05) is 0 Å². The Bertz CT molecular complexity index is 498. The van der Waals surface area contributed by atoms with E-state index >= 15 is 0 Å². The van der Waals surface area contributed by atoms with Gasteiger partial charge in [0.25, 0.3) is 0 Å². The summed E-state index contributed by atoms with van der Waals surface area (Å²) >= 11 is 0. The Morgan fingerprint density at radius 3 is 2.63 bits per heavy atom. The van der Waals surface area contributed by atoms with E-state index in [9.17, 15) is 9.90 Å². The van der Waals surface area contributed by atoms with Gasteiger partial charge in [0, 0.05) is 0 Å². The minimum absolute atomic E-state index is 0.00445. The number of rotatable bonds is 2. The van der Waals surface area contributed by atoms with Gasteiger partial charge in [-0.1, -0.05) is 43.2 Å². The molecule has 1 N–H and O–H groups in total. The molecule has 0 bridgehead atoms. The molecule has 1 aliphatic carbocycles. The molecule has 2 aliphatic rings. The van der Waals surface area contributed by atoms with Gasteiger partial charge in [0.15, 0.2) is 0 Å². The molecule has 0 aromatic heterocycles. The number of hydrogen-bond acceptors (Lipinski definition) is 3. The zero-order valence-electron chi connectivity index (χ0n) is 10.8. The zero-order valence-corrected chi connectivity index (χ0v) is 10.8. The number of hydrazone groups is 1. The van der Waals surface area contributed by atoms with E-state index < -0.39 is 6.10 Å². The molecule has 1 heterocycles. The molecule has 2 atom stereocenters. The van der Waals surface area contributed by atoms with Crippen LogP contribution in [-0.2, 0) is 4.79 Å². The SMILES string of the molecule is O=C1CC(c2ccccc2)=NN1C1CCCCC1O. The Labute approximate surface area is 112 Å². The van der Waals surface area contributed by atoms with Gasteiger partial charge >= 0.3 is 0 Å². The van der Waals surface area contributed by atoms with Crippen LogP contribution in [0.2, 0.25) is 0 Å². The smallest absolute Gasteiger partial charge is 0.249 e. The second-order valence-corrected chi connectivity index (χ2v) is 5.25. The Balaban J connectivity index is 1.83. The van der Waals surface area contributed by atoms with E-state index in [0.29, 0.717) is 6.42 Å². The number of nitrogens with zero attached hydrogens (tertiary/aromatic N) is 2. The summed E-state index contributed by atoms with van der Waals surface area (Å²) in [6, 6.07) is 9.63. The Morgan fingerprint density at radius 1 is 1.16 bits per heavy atom. The number of amides is 1. The highest BCUT2D eigenvalue weighted by atomic mass is 16.3. The third-order valence-electron chi connectivity index (χ3n) is 3.92.